The van der Waals surface area contributed by atoms with Crippen molar-refractivity contribution < 1.29 is 4.74 Å². The minimum absolute atomic E-state index is 0.615. The van der Waals surface area contributed by atoms with E-state index < -0.39 is 0 Å². The SMILES string of the molecule is CC(I)N(C)C1CCOC1. The van der Waals surface area contributed by atoms with Gasteiger partial charge in [-0.1, -0.05) is 22.6 Å². The highest BCUT2D eigenvalue weighted by molar-refractivity contribution is 14.1. The van der Waals surface area contributed by atoms with Gasteiger partial charge in [0.25, 0.3) is 0 Å². The van der Waals surface area contributed by atoms with Crippen LogP contribution in [-0.2, 0) is 4.74 Å². The summed E-state index contributed by atoms with van der Waals surface area (Å²) >= 11 is 2.43. The number of nitrogens with zero attached hydrogens (tertiary/aromatic N) is 1. The summed E-state index contributed by atoms with van der Waals surface area (Å²) in [6.07, 6.45) is 1.20. The van der Waals surface area contributed by atoms with E-state index in [4.69, 9.17) is 4.74 Å². The van der Waals surface area contributed by atoms with E-state index >= 15 is 0 Å². The molecule has 2 unspecified atom stereocenters. The first kappa shape index (κ1) is 8.74. The molecule has 2 nitrogen and oxygen atoms in total. The van der Waals surface area contributed by atoms with Gasteiger partial charge in [0.05, 0.1) is 10.7 Å². The summed E-state index contributed by atoms with van der Waals surface area (Å²) in [5, 5.41) is 0. The van der Waals surface area contributed by atoms with Gasteiger partial charge in [0.2, 0.25) is 0 Å². The topological polar surface area (TPSA) is 12.5 Å². The van der Waals surface area contributed by atoms with Gasteiger partial charge in [-0.15, -0.1) is 0 Å². The van der Waals surface area contributed by atoms with Crippen LogP contribution in [-0.4, -0.2) is 35.3 Å². The summed E-state index contributed by atoms with van der Waals surface area (Å²) in [4.78, 5) is 2.37. The lowest BCUT2D eigenvalue weighted by molar-refractivity contribution is 0.159. The Morgan fingerprint density at radius 1 is 1.70 bits per heavy atom. The van der Waals surface area contributed by atoms with Crippen molar-refractivity contribution in [1.82, 2.24) is 4.90 Å². The van der Waals surface area contributed by atoms with Crippen LogP contribution in [0.2, 0.25) is 0 Å². The number of hydrogen-bond donors (Lipinski definition) is 0. The summed E-state index contributed by atoms with van der Waals surface area (Å²) in [5.74, 6) is 0. The van der Waals surface area contributed by atoms with Gasteiger partial charge in [-0.2, -0.15) is 0 Å². The molecule has 3 heteroatoms. The first-order valence-electron chi connectivity index (χ1n) is 3.65. The zero-order chi connectivity index (χ0) is 7.56. The Morgan fingerprint density at radius 2 is 2.40 bits per heavy atom. The van der Waals surface area contributed by atoms with E-state index in [2.05, 4.69) is 41.5 Å². The predicted molar refractivity (Wildman–Crippen MR) is 50.5 cm³/mol. The van der Waals surface area contributed by atoms with E-state index in [9.17, 15) is 0 Å². The predicted octanol–water partition coefficient (Wildman–Crippen LogP) is 1.49. The zero-order valence-corrected chi connectivity index (χ0v) is 8.67. The van der Waals surface area contributed by atoms with Crippen molar-refractivity contribution in [2.45, 2.75) is 23.4 Å². The molecule has 0 bridgehead atoms. The van der Waals surface area contributed by atoms with E-state index in [1.165, 1.54) is 6.42 Å². The molecule has 1 heterocycles. The Balaban J connectivity index is 2.32. The van der Waals surface area contributed by atoms with E-state index in [0.29, 0.717) is 10.1 Å². The first-order chi connectivity index (χ1) is 4.72. The zero-order valence-electron chi connectivity index (χ0n) is 6.51. The largest absolute Gasteiger partial charge is 0.380 e. The number of rotatable bonds is 2. The molecule has 1 aliphatic heterocycles. The normalized spacial score (nSPS) is 29.4. The average molecular weight is 255 g/mol. The van der Waals surface area contributed by atoms with Crippen LogP contribution in [0.4, 0.5) is 0 Å². The lowest BCUT2D eigenvalue weighted by Gasteiger charge is -2.25. The van der Waals surface area contributed by atoms with Crippen molar-refractivity contribution >= 4 is 22.6 Å². The molecule has 1 saturated heterocycles. The van der Waals surface area contributed by atoms with Crippen molar-refractivity contribution in [3.63, 3.8) is 0 Å². The van der Waals surface area contributed by atoms with Crippen LogP contribution in [0.15, 0.2) is 0 Å². The van der Waals surface area contributed by atoms with Crippen LogP contribution in [0.1, 0.15) is 13.3 Å². The second-order valence-corrected chi connectivity index (χ2v) is 4.56. The third-order valence-electron chi connectivity index (χ3n) is 2.04. The fourth-order valence-electron chi connectivity index (χ4n) is 1.13. The van der Waals surface area contributed by atoms with Crippen molar-refractivity contribution in [3.8, 4) is 0 Å². The smallest absolute Gasteiger partial charge is 0.0622 e. The van der Waals surface area contributed by atoms with Gasteiger partial charge in [-0.05, 0) is 20.4 Å². The highest BCUT2D eigenvalue weighted by Gasteiger charge is 2.21. The van der Waals surface area contributed by atoms with Gasteiger partial charge >= 0.3 is 0 Å². The van der Waals surface area contributed by atoms with Gasteiger partial charge in [-0.3, -0.25) is 4.90 Å². The van der Waals surface area contributed by atoms with Gasteiger partial charge in [0.15, 0.2) is 0 Å². The molecule has 1 aliphatic rings. The molecule has 0 aliphatic carbocycles. The Labute approximate surface area is 76.1 Å². The summed E-state index contributed by atoms with van der Waals surface area (Å²) in [5.41, 5.74) is 0. The minimum atomic E-state index is 0.615. The molecule has 0 N–H and O–H groups in total. The molecular weight excluding hydrogens is 241 g/mol. The lowest BCUT2D eigenvalue weighted by atomic mass is 10.2. The highest BCUT2D eigenvalue weighted by atomic mass is 127. The monoisotopic (exact) mass is 255 g/mol. The second kappa shape index (κ2) is 3.88. The third kappa shape index (κ3) is 2.07. The standard InChI is InChI=1S/C7H14INO/c1-6(8)9(2)7-3-4-10-5-7/h6-7H,3-5H2,1-2H3. The minimum Gasteiger partial charge on any atom is -0.380 e. The van der Waals surface area contributed by atoms with Crippen LogP contribution in [0.5, 0.6) is 0 Å². The maximum atomic E-state index is 5.28. The Morgan fingerprint density at radius 3 is 2.80 bits per heavy atom. The van der Waals surface area contributed by atoms with Crippen LogP contribution < -0.4 is 0 Å². The maximum absolute atomic E-state index is 5.28. The molecule has 0 saturated carbocycles. The molecule has 1 fully saturated rings. The maximum Gasteiger partial charge on any atom is 0.0622 e. The van der Waals surface area contributed by atoms with Gasteiger partial charge in [0.1, 0.15) is 0 Å². The van der Waals surface area contributed by atoms with E-state index in [-0.39, 0.29) is 0 Å². The Hall–Kier alpha value is 0.650. The molecular formula is C7H14INO. The molecule has 0 radical (unpaired) electrons. The summed E-state index contributed by atoms with van der Waals surface area (Å²) < 4.78 is 5.90. The molecule has 0 amide bonds. The Bertz CT molecular complexity index is 102. The van der Waals surface area contributed by atoms with Gasteiger partial charge in [0, 0.05) is 12.6 Å². The third-order valence-corrected chi connectivity index (χ3v) is 2.92. The molecule has 0 spiro atoms. The van der Waals surface area contributed by atoms with Crippen molar-refractivity contribution in [2.24, 2.45) is 0 Å². The van der Waals surface area contributed by atoms with E-state index in [1.807, 2.05) is 0 Å². The fraction of sp³-hybridized carbons (Fsp3) is 1.00. The molecule has 1 rings (SSSR count). The van der Waals surface area contributed by atoms with E-state index in [1.54, 1.807) is 0 Å². The highest BCUT2D eigenvalue weighted by Crippen LogP contribution is 2.15. The van der Waals surface area contributed by atoms with E-state index in [0.717, 1.165) is 13.2 Å². The molecule has 0 aromatic heterocycles. The van der Waals surface area contributed by atoms with Crippen molar-refractivity contribution in [3.05, 3.63) is 0 Å². The lowest BCUT2D eigenvalue weighted by Crippen LogP contribution is -2.35. The number of ether oxygens (including phenoxy) is 1. The summed E-state index contributed by atoms with van der Waals surface area (Å²) in [6.45, 7) is 4.07. The van der Waals surface area contributed by atoms with Crippen LogP contribution >= 0.6 is 22.6 Å². The molecule has 0 aromatic rings. The summed E-state index contributed by atoms with van der Waals surface area (Å²) in [6, 6.07) is 0.659. The average Bonchev–Trinajstić information content (AvgIpc) is 2.36. The molecule has 60 valence electrons. The molecule has 10 heavy (non-hydrogen) atoms. The van der Waals surface area contributed by atoms with Gasteiger partial charge in [-0.25, -0.2) is 0 Å². The number of hydrogen-bond acceptors (Lipinski definition) is 2. The molecule has 2 atom stereocenters. The van der Waals surface area contributed by atoms with Crippen LogP contribution in [0, 0.1) is 0 Å². The number of alkyl halides is 1. The van der Waals surface area contributed by atoms with Crippen LogP contribution in [0.3, 0.4) is 0 Å². The van der Waals surface area contributed by atoms with Crippen molar-refractivity contribution in [1.29, 1.82) is 0 Å². The number of likely N-dealkylation sites (N-methyl/N-ethyl adjacent to an activating group) is 1. The first-order valence-corrected chi connectivity index (χ1v) is 4.90. The molecule has 0 aromatic carbocycles. The van der Waals surface area contributed by atoms with Gasteiger partial charge < -0.3 is 4.74 Å². The number of halogens is 1. The van der Waals surface area contributed by atoms with Crippen molar-refractivity contribution in [2.75, 3.05) is 20.3 Å². The summed E-state index contributed by atoms with van der Waals surface area (Å²) in [7, 11) is 2.16. The second-order valence-electron chi connectivity index (χ2n) is 2.76. The Kier molecular flexibility index (Phi) is 3.39. The fourth-order valence-corrected chi connectivity index (χ4v) is 1.59. The van der Waals surface area contributed by atoms with Crippen LogP contribution in [0.25, 0.3) is 0 Å². The quantitative estimate of drug-likeness (QED) is 0.421.